The minimum absolute atomic E-state index is 0.388. The van der Waals surface area contributed by atoms with Gasteiger partial charge in [-0.2, -0.15) is 0 Å². The summed E-state index contributed by atoms with van der Waals surface area (Å²) in [5, 5.41) is 4.00. The first-order chi connectivity index (χ1) is 9.78. The molecule has 0 aliphatic carbocycles. The van der Waals surface area contributed by atoms with Crippen molar-refractivity contribution >= 4 is 12.6 Å². The molecule has 6 heteroatoms. The highest BCUT2D eigenvalue weighted by Crippen LogP contribution is 2.37. The SMILES string of the molecule is CCCCCOc1noc(C)c1B1OC(C)(C)C(C)(C)O1. The minimum Gasteiger partial charge on any atom is -0.476 e. The Hall–Kier alpha value is -1.01. The summed E-state index contributed by atoms with van der Waals surface area (Å²) in [5.74, 6) is 1.17. The summed E-state index contributed by atoms with van der Waals surface area (Å²) in [5.41, 5.74) is -0.00742. The zero-order valence-electron chi connectivity index (χ0n) is 14.0. The Kier molecular flexibility index (Phi) is 4.68. The molecule has 1 aromatic rings. The summed E-state index contributed by atoms with van der Waals surface area (Å²) >= 11 is 0. The molecule has 0 aromatic carbocycles. The van der Waals surface area contributed by atoms with Crippen molar-refractivity contribution in [1.29, 1.82) is 0 Å². The van der Waals surface area contributed by atoms with Crippen molar-refractivity contribution < 1.29 is 18.6 Å². The number of ether oxygens (including phenoxy) is 1. The largest absolute Gasteiger partial charge is 0.504 e. The fraction of sp³-hybridized carbons (Fsp3) is 0.800. The quantitative estimate of drug-likeness (QED) is 0.596. The number of aromatic nitrogens is 1. The molecular weight excluding hydrogens is 269 g/mol. The van der Waals surface area contributed by atoms with E-state index in [0.717, 1.165) is 24.7 Å². The van der Waals surface area contributed by atoms with Crippen molar-refractivity contribution in [3.63, 3.8) is 0 Å². The predicted molar refractivity (Wildman–Crippen MR) is 82.0 cm³/mol. The summed E-state index contributed by atoms with van der Waals surface area (Å²) in [6.07, 6.45) is 3.30. The second-order valence-corrected chi connectivity index (χ2v) is 6.60. The lowest BCUT2D eigenvalue weighted by Crippen LogP contribution is -2.41. The second kappa shape index (κ2) is 6.01. The van der Waals surface area contributed by atoms with Gasteiger partial charge >= 0.3 is 7.12 Å². The molecule has 0 N–H and O–H groups in total. The molecule has 21 heavy (non-hydrogen) atoms. The average Bonchev–Trinajstić information content (AvgIpc) is 2.83. The van der Waals surface area contributed by atoms with Crippen molar-refractivity contribution in [3.05, 3.63) is 5.76 Å². The van der Waals surface area contributed by atoms with Crippen LogP contribution in [0.3, 0.4) is 0 Å². The Morgan fingerprint density at radius 2 is 1.71 bits per heavy atom. The van der Waals surface area contributed by atoms with E-state index in [2.05, 4.69) is 12.1 Å². The van der Waals surface area contributed by atoms with Crippen LogP contribution in [0.5, 0.6) is 5.88 Å². The van der Waals surface area contributed by atoms with Crippen molar-refractivity contribution in [3.8, 4) is 5.88 Å². The van der Waals surface area contributed by atoms with Gasteiger partial charge in [-0.05, 0) is 46.2 Å². The van der Waals surface area contributed by atoms with Gasteiger partial charge in [-0.3, -0.25) is 0 Å². The van der Waals surface area contributed by atoms with Crippen molar-refractivity contribution in [2.75, 3.05) is 6.61 Å². The maximum atomic E-state index is 6.06. The third kappa shape index (κ3) is 3.26. The molecule has 0 saturated carbocycles. The van der Waals surface area contributed by atoms with Crippen LogP contribution in [0.1, 0.15) is 59.6 Å². The van der Waals surface area contributed by atoms with Crippen LogP contribution in [0.4, 0.5) is 0 Å². The van der Waals surface area contributed by atoms with E-state index in [9.17, 15) is 0 Å². The van der Waals surface area contributed by atoms with Gasteiger partial charge in [0.1, 0.15) is 5.76 Å². The number of nitrogens with zero attached hydrogens (tertiary/aromatic N) is 1. The monoisotopic (exact) mass is 295 g/mol. The normalized spacial score (nSPS) is 20.0. The van der Waals surface area contributed by atoms with E-state index < -0.39 is 7.12 Å². The lowest BCUT2D eigenvalue weighted by Gasteiger charge is -2.32. The van der Waals surface area contributed by atoms with Crippen molar-refractivity contribution in [2.45, 2.75) is 72.0 Å². The Balaban J connectivity index is 2.12. The van der Waals surface area contributed by atoms with E-state index in [1.807, 2.05) is 34.6 Å². The van der Waals surface area contributed by atoms with E-state index >= 15 is 0 Å². The van der Waals surface area contributed by atoms with Crippen LogP contribution in [-0.4, -0.2) is 30.1 Å². The molecular formula is C15H26BNO4. The number of hydrogen-bond acceptors (Lipinski definition) is 5. The average molecular weight is 295 g/mol. The summed E-state index contributed by atoms with van der Waals surface area (Å²) in [7, 11) is -0.498. The van der Waals surface area contributed by atoms with Gasteiger partial charge in [0.2, 0.25) is 0 Å². The number of hydrogen-bond donors (Lipinski definition) is 0. The number of unbranched alkanes of at least 4 members (excludes halogenated alkanes) is 2. The highest BCUT2D eigenvalue weighted by atomic mass is 16.7. The molecule has 0 bridgehead atoms. The molecule has 2 heterocycles. The minimum atomic E-state index is -0.498. The molecule has 0 radical (unpaired) electrons. The van der Waals surface area contributed by atoms with Gasteiger partial charge in [-0.25, -0.2) is 0 Å². The molecule has 1 fully saturated rings. The van der Waals surface area contributed by atoms with Crippen molar-refractivity contribution in [1.82, 2.24) is 5.16 Å². The van der Waals surface area contributed by atoms with Gasteiger partial charge in [0, 0.05) is 0 Å². The summed E-state index contributed by atoms with van der Waals surface area (Å²) in [6.45, 7) is 12.7. The van der Waals surface area contributed by atoms with Crippen LogP contribution in [0.2, 0.25) is 0 Å². The predicted octanol–water partition coefficient (Wildman–Crippen LogP) is 2.85. The Morgan fingerprint density at radius 1 is 1.10 bits per heavy atom. The number of aryl methyl sites for hydroxylation is 1. The molecule has 0 spiro atoms. The maximum Gasteiger partial charge on any atom is 0.504 e. The lowest BCUT2D eigenvalue weighted by atomic mass is 9.79. The van der Waals surface area contributed by atoms with E-state index in [-0.39, 0.29) is 11.2 Å². The van der Waals surface area contributed by atoms with Crippen LogP contribution < -0.4 is 10.2 Å². The van der Waals surface area contributed by atoms with Gasteiger partial charge in [0.15, 0.2) is 0 Å². The standard InChI is InChI=1S/C15H26BNO4/c1-7-8-9-10-18-13-12(11(2)19-17-13)16-20-14(3,4)15(5,6)21-16/h7-10H2,1-6H3. The van der Waals surface area contributed by atoms with Crippen LogP contribution in [0.15, 0.2) is 4.52 Å². The first-order valence-electron chi connectivity index (χ1n) is 7.73. The molecule has 0 amide bonds. The molecule has 2 rings (SSSR count). The smallest absolute Gasteiger partial charge is 0.476 e. The van der Waals surface area contributed by atoms with Crippen LogP contribution in [0, 0.1) is 6.92 Å². The summed E-state index contributed by atoms with van der Waals surface area (Å²) in [6, 6.07) is 0. The topological polar surface area (TPSA) is 53.7 Å². The van der Waals surface area contributed by atoms with E-state index in [4.69, 9.17) is 18.6 Å². The number of rotatable bonds is 6. The second-order valence-electron chi connectivity index (χ2n) is 6.60. The van der Waals surface area contributed by atoms with Gasteiger partial charge in [0.05, 0.1) is 23.3 Å². The maximum absolute atomic E-state index is 6.06. The zero-order valence-corrected chi connectivity index (χ0v) is 14.0. The van der Waals surface area contributed by atoms with Crippen LogP contribution in [-0.2, 0) is 9.31 Å². The Morgan fingerprint density at radius 3 is 2.29 bits per heavy atom. The highest BCUT2D eigenvalue weighted by molar-refractivity contribution is 6.63. The van der Waals surface area contributed by atoms with E-state index in [0.29, 0.717) is 18.2 Å². The molecule has 1 aromatic heterocycles. The molecule has 5 nitrogen and oxygen atoms in total. The van der Waals surface area contributed by atoms with Crippen molar-refractivity contribution in [2.24, 2.45) is 0 Å². The summed E-state index contributed by atoms with van der Waals surface area (Å²) < 4.78 is 23.1. The van der Waals surface area contributed by atoms with Gasteiger partial charge < -0.3 is 18.6 Å². The third-order valence-corrected chi connectivity index (χ3v) is 4.35. The third-order valence-electron chi connectivity index (χ3n) is 4.35. The molecule has 0 unspecified atom stereocenters. The van der Waals surface area contributed by atoms with Gasteiger partial charge in [-0.15, -0.1) is 0 Å². The van der Waals surface area contributed by atoms with Crippen LogP contribution in [0.25, 0.3) is 0 Å². The van der Waals surface area contributed by atoms with E-state index in [1.54, 1.807) is 0 Å². The molecule has 118 valence electrons. The Labute approximate surface area is 127 Å². The highest BCUT2D eigenvalue weighted by Gasteiger charge is 2.53. The molecule has 1 aliphatic heterocycles. The summed E-state index contributed by atoms with van der Waals surface area (Å²) in [4.78, 5) is 0. The van der Waals surface area contributed by atoms with Gasteiger partial charge in [0.25, 0.3) is 5.88 Å². The zero-order chi connectivity index (χ0) is 15.7. The lowest BCUT2D eigenvalue weighted by molar-refractivity contribution is 0.00578. The fourth-order valence-electron chi connectivity index (χ4n) is 2.21. The first-order valence-corrected chi connectivity index (χ1v) is 7.73. The molecule has 0 atom stereocenters. The fourth-order valence-corrected chi connectivity index (χ4v) is 2.21. The van der Waals surface area contributed by atoms with E-state index in [1.165, 1.54) is 0 Å². The Bertz CT molecular complexity index is 468. The molecule has 1 aliphatic rings. The molecule has 1 saturated heterocycles. The van der Waals surface area contributed by atoms with Crippen LogP contribution >= 0.6 is 0 Å². The van der Waals surface area contributed by atoms with Gasteiger partial charge in [-0.1, -0.05) is 19.8 Å². The first kappa shape index (κ1) is 16.4.